The maximum Gasteiger partial charge on any atom is 0.311 e. The molecule has 0 bridgehead atoms. The lowest BCUT2D eigenvalue weighted by Gasteiger charge is -2.19. The van der Waals surface area contributed by atoms with E-state index in [4.69, 9.17) is 0 Å². The van der Waals surface area contributed by atoms with E-state index in [-0.39, 0.29) is 5.56 Å². The number of thiophene rings is 1. The van der Waals surface area contributed by atoms with Crippen LogP contribution >= 0.6 is 11.3 Å². The summed E-state index contributed by atoms with van der Waals surface area (Å²) in [6.45, 7) is 2.27. The van der Waals surface area contributed by atoms with Crippen LogP contribution in [0.15, 0.2) is 35.1 Å². The molecule has 1 aliphatic rings. The van der Waals surface area contributed by atoms with Crippen molar-refractivity contribution in [1.29, 1.82) is 0 Å². The highest BCUT2D eigenvalue weighted by Crippen LogP contribution is 2.40. The summed E-state index contributed by atoms with van der Waals surface area (Å²) < 4.78 is 1.65. The van der Waals surface area contributed by atoms with Gasteiger partial charge in [-0.1, -0.05) is 30.3 Å². The van der Waals surface area contributed by atoms with Crippen LogP contribution in [0.25, 0.3) is 10.2 Å². The van der Waals surface area contributed by atoms with E-state index < -0.39 is 11.9 Å². The summed E-state index contributed by atoms with van der Waals surface area (Å²) in [5.74, 6) is -0.790. The van der Waals surface area contributed by atoms with Gasteiger partial charge in [0.05, 0.1) is 17.8 Å². The summed E-state index contributed by atoms with van der Waals surface area (Å²) in [5.41, 5.74) is 1.60. The first-order valence-electron chi connectivity index (χ1n) is 8.35. The van der Waals surface area contributed by atoms with Gasteiger partial charge in [-0.05, 0) is 37.3 Å². The van der Waals surface area contributed by atoms with Gasteiger partial charge in [0.1, 0.15) is 10.7 Å². The second-order valence-electron chi connectivity index (χ2n) is 6.44. The molecule has 0 saturated carbocycles. The van der Waals surface area contributed by atoms with E-state index in [1.165, 1.54) is 11.3 Å². The highest BCUT2D eigenvalue weighted by molar-refractivity contribution is 7.18. The largest absolute Gasteiger partial charge is 0.481 e. The molecule has 1 atom stereocenters. The van der Waals surface area contributed by atoms with Crippen LogP contribution in [0.5, 0.6) is 0 Å². The third kappa shape index (κ3) is 2.66. The Morgan fingerprint density at radius 3 is 2.84 bits per heavy atom. The molecule has 6 heteroatoms. The Morgan fingerprint density at radius 1 is 1.36 bits per heavy atom. The van der Waals surface area contributed by atoms with Gasteiger partial charge in [-0.15, -0.1) is 11.3 Å². The fourth-order valence-corrected chi connectivity index (χ4v) is 4.93. The van der Waals surface area contributed by atoms with Crippen LogP contribution in [0.1, 0.15) is 40.6 Å². The minimum atomic E-state index is -0.852. The summed E-state index contributed by atoms with van der Waals surface area (Å²) >= 11 is 1.48. The molecule has 0 radical (unpaired) electrons. The number of aliphatic carboxylic acids is 1. The van der Waals surface area contributed by atoms with E-state index in [0.717, 1.165) is 23.3 Å². The first-order chi connectivity index (χ1) is 12.1. The topological polar surface area (TPSA) is 72.2 Å². The molecule has 1 N–H and O–H groups in total. The number of carboxylic acid groups (broad SMARTS) is 1. The summed E-state index contributed by atoms with van der Waals surface area (Å²) in [7, 11) is 0. The average molecular weight is 354 g/mol. The predicted octanol–water partition coefficient (Wildman–Crippen LogP) is 3.32. The van der Waals surface area contributed by atoms with Crippen LogP contribution in [0, 0.1) is 6.92 Å². The number of aryl methyl sites for hydroxylation is 2. The second-order valence-corrected chi connectivity index (χ2v) is 7.52. The lowest BCUT2D eigenvalue weighted by Crippen LogP contribution is -2.26. The van der Waals surface area contributed by atoms with Crippen LogP contribution in [0.4, 0.5) is 0 Å². The lowest BCUT2D eigenvalue weighted by atomic mass is 9.86. The van der Waals surface area contributed by atoms with E-state index in [0.29, 0.717) is 34.6 Å². The molecular weight excluding hydrogens is 336 g/mol. The standard InChI is InChI=1S/C19H18N2O3S/c1-11-20-17-16(15-13(19(23)24)8-5-9-14(15)25-17)18(22)21(11)10-12-6-3-2-4-7-12/h2-4,6-7,13H,5,8-10H2,1H3,(H,23,24). The van der Waals surface area contributed by atoms with Crippen LogP contribution in [0.2, 0.25) is 0 Å². The third-order valence-corrected chi connectivity index (χ3v) is 6.00. The van der Waals surface area contributed by atoms with Gasteiger partial charge in [0, 0.05) is 4.88 Å². The van der Waals surface area contributed by atoms with Gasteiger partial charge in [0.15, 0.2) is 0 Å². The number of carbonyl (C=O) groups is 1. The van der Waals surface area contributed by atoms with E-state index in [2.05, 4.69) is 4.98 Å². The van der Waals surface area contributed by atoms with Crippen molar-refractivity contribution in [2.45, 2.75) is 38.6 Å². The molecule has 0 aliphatic heterocycles. The average Bonchev–Trinajstić information content (AvgIpc) is 2.97. The second kappa shape index (κ2) is 6.11. The maximum atomic E-state index is 13.2. The van der Waals surface area contributed by atoms with Crippen molar-refractivity contribution < 1.29 is 9.90 Å². The summed E-state index contributed by atoms with van der Waals surface area (Å²) in [5, 5.41) is 10.1. The SMILES string of the molecule is Cc1nc2sc3c(c2c(=O)n1Cc1ccccc1)C(C(=O)O)CCC3. The van der Waals surface area contributed by atoms with Gasteiger partial charge in [-0.2, -0.15) is 0 Å². The van der Waals surface area contributed by atoms with Gasteiger partial charge < -0.3 is 5.11 Å². The van der Waals surface area contributed by atoms with Crippen molar-refractivity contribution in [2.75, 3.05) is 0 Å². The molecule has 2 aromatic heterocycles. The van der Waals surface area contributed by atoms with Gasteiger partial charge in [0.2, 0.25) is 0 Å². The molecule has 0 saturated heterocycles. The zero-order valence-electron chi connectivity index (χ0n) is 13.9. The Bertz CT molecular complexity index is 1020. The minimum absolute atomic E-state index is 0.128. The Balaban J connectivity index is 1.93. The molecular formula is C19H18N2O3S. The van der Waals surface area contributed by atoms with Gasteiger partial charge >= 0.3 is 5.97 Å². The maximum absolute atomic E-state index is 13.2. The number of fused-ring (bicyclic) bond motifs is 3. The molecule has 0 amide bonds. The molecule has 3 aromatic rings. The zero-order chi connectivity index (χ0) is 17.6. The number of hydrogen-bond acceptors (Lipinski definition) is 4. The summed E-state index contributed by atoms with van der Waals surface area (Å²) in [6, 6.07) is 9.76. The van der Waals surface area contributed by atoms with Gasteiger partial charge in [-0.25, -0.2) is 4.98 Å². The lowest BCUT2D eigenvalue weighted by molar-refractivity contribution is -0.139. The zero-order valence-corrected chi connectivity index (χ0v) is 14.7. The van der Waals surface area contributed by atoms with Crippen molar-refractivity contribution in [2.24, 2.45) is 0 Å². The van der Waals surface area contributed by atoms with E-state index >= 15 is 0 Å². The predicted molar refractivity (Wildman–Crippen MR) is 97.5 cm³/mol. The number of nitrogens with zero attached hydrogens (tertiary/aromatic N) is 2. The van der Waals surface area contributed by atoms with Crippen molar-refractivity contribution in [3.8, 4) is 0 Å². The number of hydrogen-bond donors (Lipinski definition) is 1. The smallest absolute Gasteiger partial charge is 0.311 e. The fourth-order valence-electron chi connectivity index (χ4n) is 3.62. The van der Waals surface area contributed by atoms with Crippen LogP contribution in [-0.2, 0) is 17.8 Å². The first-order valence-corrected chi connectivity index (χ1v) is 9.17. The Morgan fingerprint density at radius 2 is 2.12 bits per heavy atom. The highest BCUT2D eigenvalue weighted by atomic mass is 32.1. The molecule has 5 nitrogen and oxygen atoms in total. The van der Waals surface area contributed by atoms with Gasteiger partial charge in [0.25, 0.3) is 5.56 Å². The first kappa shape index (κ1) is 16.0. The molecule has 1 aromatic carbocycles. The fraction of sp³-hybridized carbons (Fsp3) is 0.316. The minimum Gasteiger partial charge on any atom is -0.481 e. The van der Waals surface area contributed by atoms with Crippen molar-refractivity contribution in [1.82, 2.24) is 9.55 Å². The summed E-state index contributed by atoms with van der Waals surface area (Å²) in [4.78, 5) is 31.2. The van der Waals surface area contributed by atoms with E-state index in [1.54, 1.807) is 4.57 Å². The molecule has 0 fully saturated rings. The molecule has 4 rings (SSSR count). The third-order valence-electron chi connectivity index (χ3n) is 4.84. The molecule has 2 heterocycles. The number of rotatable bonds is 3. The number of carboxylic acids is 1. The van der Waals surface area contributed by atoms with Crippen LogP contribution in [-0.4, -0.2) is 20.6 Å². The van der Waals surface area contributed by atoms with Crippen molar-refractivity contribution in [3.63, 3.8) is 0 Å². The van der Waals surface area contributed by atoms with E-state index in [9.17, 15) is 14.7 Å². The van der Waals surface area contributed by atoms with Crippen LogP contribution in [0.3, 0.4) is 0 Å². The molecule has 1 unspecified atom stereocenters. The monoisotopic (exact) mass is 354 g/mol. The Labute approximate surface area is 148 Å². The van der Waals surface area contributed by atoms with Crippen molar-refractivity contribution in [3.05, 3.63) is 62.5 Å². The number of aromatic nitrogens is 2. The van der Waals surface area contributed by atoms with Crippen LogP contribution < -0.4 is 5.56 Å². The van der Waals surface area contributed by atoms with Gasteiger partial charge in [-0.3, -0.25) is 14.2 Å². The Hall–Kier alpha value is -2.47. The quantitative estimate of drug-likeness (QED) is 0.783. The van der Waals surface area contributed by atoms with Crippen molar-refractivity contribution >= 4 is 27.5 Å². The molecule has 0 spiro atoms. The number of benzene rings is 1. The Kier molecular flexibility index (Phi) is 3.92. The van der Waals surface area contributed by atoms with E-state index in [1.807, 2.05) is 37.3 Å². The molecule has 1 aliphatic carbocycles. The highest BCUT2D eigenvalue weighted by Gasteiger charge is 2.32. The molecule has 25 heavy (non-hydrogen) atoms. The normalized spacial score (nSPS) is 16.8. The molecule has 128 valence electrons. The summed E-state index contributed by atoms with van der Waals surface area (Å²) in [6.07, 6.45) is 2.26.